The number of carbonyl (C=O) groups excluding carboxylic acids is 1. The summed E-state index contributed by atoms with van der Waals surface area (Å²) in [6.45, 7) is 8.34. The molecule has 0 aromatic carbocycles. The van der Waals surface area contributed by atoms with Crippen molar-refractivity contribution in [2.45, 2.75) is 77.0 Å². The summed E-state index contributed by atoms with van der Waals surface area (Å²) in [6, 6.07) is 3.12. The number of hydrogen-bond donors (Lipinski definition) is 2. The number of amides is 1. The van der Waals surface area contributed by atoms with Crippen molar-refractivity contribution < 1.29 is 9.53 Å². The Labute approximate surface area is 195 Å². The second-order valence-corrected chi connectivity index (χ2v) is 10.7. The van der Waals surface area contributed by atoms with E-state index in [0.29, 0.717) is 18.0 Å². The van der Waals surface area contributed by atoms with Gasteiger partial charge in [0.2, 0.25) is 0 Å². The van der Waals surface area contributed by atoms with Gasteiger partial charge in [0, 0.05) is 36.8 Å². The summed E-state index contributed by atoms with van der Waals surface area (Å²) in [7, 11) is 0. The van der Waals surface area contributed by atoms with Gasteiger partial charge in [0.05, 0.1) is 18.0 Å². The Hall–Kier alpha value is -2.61. The molecule has 0 unspecified atom stereocenters. The lowest BCUT2D eigenvalue weighted by Crippen LogP contribution is -2.46. The van der Waals surface area contributed by atoms with Gasteiger partial charge in [0.25, 0.3) is 0 Å². The van der Waals surface area contributed by atoms with E-state index in [-0.39, 0.29) is 6.09 Å². The molecule has 2 fully saturated rings. The maximum atomic E-state index is 12.4. The Bertz CT molecular complexity index is 1110. The number of H-pyrrole nitrogens is 1. The van der Waals surface area contributed by atoms with Crippen molar-refractivity contribution in [1.82, 2.24) is 29.7 Å². The third-order valence-electron chi connectivity index (χ3n) is 7.07. The van der Waals surface area contributed by atoms with Crippen LogP contribution >= 0.6 is 0 Å². The van der Waals surface area contributed by atoms with Crippen molar-refractivity contribution in [2.24, 2.45) is 5.92 Å². The lowest BCUT2D eigenvalue weighted by Gasteiger charge is -2.36. The molecule has 4 heterocycles. The molecule has 1 amide bonds. The monoisotopic (exact) mass is 452 g/mol. The van der Waals surface area contributed by atoms with Gasteiger partial charge in [-0.2, -0.15) is 0 Å². The SMILES string of the molecule is CC(C)(C)OC(=O)N1CCC[C@@H](CN[C@H]2CC[C@H](n3cnc4cnc5[nH]ccc5c43)CC2)C1. The summed E-state index contributed by atoms with van der Waals surface area (Å²) in [4.78, 5) is 26.6. The second-order valence-electron chi connectivity index (χ2n) is 10.7. The molecule has 5 rings (SSSR count). The number of ether oxygens (including phenoxy) is 1. The number of hydrogen-bond acceptors (Lipinski definition) is 5. The molecule has 33 heavy (non-hydrogen) atoms. The Balaban J connectivity index is 1.14. The van der Waals surface area contributed by atoms with E-state index < -0.39 is 5.60 Å². The molecular weight excluding hydrogens is 416 g/mol. The summed E-state index contributed by atoms with van der Waals surface area (Å²) in [5, 5.41) is 4.96. The fourth-order valence-electron chi connectivity index (χ4n) is 5.42. The minimum absolute atomic E-state index is 0.174. The van der Waals surface area contributed by atoms with Crippen LogP contribution in [-0.2, 0) is 4.74 Å². The van der Waals surface area contributed by atoms with Crippen LogP contribution in [0.4, 0.5) is 4.79 Å². The minimum Gasteiger partial charge on any atom is -0.444 e. The number of pyridine rings is 1. The molecule has 0 bridgehead atoms. The van der Waals surface area contributed by atoms with Crippen LogP contribution in [0.2, 0.25) is 0 Å². The Morgan fingerprint density at radius 1 is 1.21 bits per heavy atom. The molecule has 8 nitrogen and oxygen atoms in total. The maximum absolute atomic E-state index is 12.4. The predicted molar refractivity (Wildman–Crippen MR) is 129 cm³/mol. The summed E-state index contributed by atoms with van der Waals surface area (Å²) in [5.74, 6) is 0.496. The average Bonchev–Trinajstić information content (AvgIpc) is 3.43. The largest absolute Gasteiger partial charge is 0.444 e. The van der Waals surface area contributed by atoms with E-state index in [0.717, 1.165) is 68.3 Å². The fraction of sp³-hybridized carbons (Fsp3) is 0.640. The van der Waals surface area contributed by atoms with Gasteiger partial charge in [-0.25, -0.2) is 14.8 Å². The highest BCUT2D eigenvalue weighted by Gasteiger charge is 2.29. The Morgan fingerprint density at radius 3 is 2.82 bits per heavy atom. The number of aromatic amines is 1. The van der Waals surface area contributed by atoms with Crippen molar-refractivity contribution in [3.63, 3.8) is 0 Å². The van der Waals surface area contributed by atoms with E-state index in [4.69, 9.17) is 4.74 Å². The summed E-state index contributed by atoms with van der Waals surface area (Å²) in [5.41, 5.74) is 2.65. The van der Waals surface area contributed by atoms with Gasteiger partial charge in [-0.1, -0.05) is 0 Å². The highest BCUT2D eigenvalue weighted by molar-refractivity contribution is 6.00. The van der Waals surface area contributed by atoms with Crippen LogP contribution in [0.1, 0.15) is 65.3 Å². The van der Waals surface area contributed by atoms with Crippen LogP contribution in [0.25, 0.3) is 22.1 Å². The van der Waals surface area contributed by atoms with E-state index in [1.165, 1.54) is 11.9 Å². The van der Waals surface area contributed by atoms with E-state index in [1.807, 2.05) is 44.4 Å². The summed E-state index contributed by atoms with van der Waals surface area (Å²) < 4.78 is 7.94. The van der Waals surface area contributed by atoms with Crippen molar-refractivity contribution in [1.29, 1.82) is 0 Å². The molecule has 2 N–H and O–H groups in total. The number of rotatable bonds is 4. The Morgan fingerprint density at radius 2 is 2.03 bits per heavy atom. The first kappa shape index (κ1) is 22.2. The van der Waals surface area contributed by atoms with E-state index in [9.17, 15) is 4.79 Å². The first-order valence-corrected chi connectivity index (χ1v) is 12.4. The molecule has 178 valence electrons. The van der Waals surface area contributed by atoms with E-state index in [1.54, 1.807) is 0 Å². The van der Waals surface area contributed by atoms with Crippen LogP contribution in [0.15, 0.2) is 24.8 Å². The number of nitrogens with one attached hydrogen (secondary N) is 2. The molecule has 3 aromatic heterocycles. The van der Waals surface area contributed by atoms with Crippen LogP contribution in [0.5, 0.6) is 0 Å². The number of aromatic nitrogens is 4. The van der Waals surface area contributed by atoms with Gasteiger partial charge in [-0.15, -0.1) is 0 Å². The third kappa shape index (κ3) is 4.86. The lowest BCUT2D eigenvalue weighted by atomic mass is 9.90. The zero-order valence-electron chi connectivity index (χ0n) is 20.0. The standard InChI is InChI=1S/C25H36N6O2/c1-25(2,3)33-24(32)30-12-4-5-17(15-30)13-27-18-6-8-19(9-7-18)31-16-29-21-14-28-23-20(22(21)31)10-11-26-23/h10-11,14,16-19,27H,4-9,12-13,15H2,1-3H3,(H,26,28)/t17-,18-,19-/m0/s1. The van der Waals surface area contributed by atoms with Gasteiger partial charge < -0.3 is 24.5 Å². The molecule has 1 saturated heterocycles. The molecule has 1 atom stereocenters. The van der Waals surface area contributed by atoms with Crippen LogP contribution in [0, 0.1) is 5.92 Å². The minimum atomic E-state index is -0.440. The molecule has 1 aliphatic carbocycles. The summed E-state index contributed by atoms with van der Waals surface area (Å²) >= 11 is 0. The summed E-state index contributed by atoms with van der Waals surface area (Å²) in [6.07, 6.45) is 12.5. The Kier molecular flexibility index (Phi) is 6.03. The third-order valence-corrected chi connectivity index (χ3v) is 7.07. The normalized spacial score (nSPS) is 24.5. The van der Waals surface area contributed by atoms with Gasteiger partial charge in [-0.05, 0) is 77.8 Å². The number of carbonyl (C=O) groups is 1. The van der Waals surface area contributed by atoms with Crippen LogP contribution in [-0.4, -0.2) is 61.8 Å². The molecular formula is C25H36N6O2. The van der Waals surface area contributed by atoms with Crippen molar-refractivity contribution >= 4 is 28.2 Å². The number of piperidine rings is 1. The van der Waals surface area contributed by atoms with Gasteiger partial charge in [-0.3, -0.25) is 0 Å². The molecule has 0 radical (unpaired) electrons. The number of imidazole rings is 1. The van der Waals surface area contributed by atoms with Crippen molar-refractivity contribution in [3.05, 3.63) is 24.8 Å². The predicted octanol–water partition coefficient (Wildman–Crippen LogP) is 4.63. The van der Waals surface area contributed by atoms with Gasteiger partial charge in [0.1, 0.15) is 16.8 Å². The molecule has 0 spiro atoms. The zero-order valence-corrected chi connectivity index (χ0v) is 20.0. The fourth-order valence-corrected chi connectivity index (χ4v) is 5.42. The number of nitrogens with zero attached hydrogens (tertiary/aromatic N) is 4. The quantitative estimate of drug-likeness (QED) is 0.602. The van der Waals surface area contributed by atoms with E-state index >= 15 is 0 Å². The first-order chi connectivity index (χ1) is 15.9. The molecule has 1 saturated carbocycles. The van der Waals surface area contributed by atoms with Gasteiger partial charge in [0.15, 0.2) is 0 Å². The molecule has 2 aliphatic rings. The highest BCUT2D eigenvalue weighted by atomic mass is 16.6. The molecule has 1 aliphatic heterocycles. The zero-order chi connectivity index (χ0) is 23.0. The van der Waals surface area contributed by atoms with E-state index in [2.05, 4.69) is 30.9 Å². The topological polar surface area (TPSA) is 88.1 Å². The van der Waals surface area contributed by atoms with Crippen molar-refractivity contribution in [2.75, 3.05) is 19.6 Å². The van der Waals surface area contributed by atoms with Gasteiger partial charge >= 0.3 is 6.09 Å². The number of fused-ring (bicyclic) bond motifs is 3. The second kappa shape index (κ2) is 8.97. The maximum Gasteiger partial charge on any atom is 0.410 e. The smallest absolute Gasteiger partial charge is 0.410 e. The lowest BCUT2D eigenvalue weighted by molar-refractivity contribution is 0.0164. The number of likely N-dealkylation sites (tertiary alicyclic amines) is 1. The van der Waals surface area contributed by atoms with Crippen molar-refractivity contribution in [3.8, 4) is 0 Å². The van der Waals surface area contributed by atoms with Crippen LogP contribution < -0.4 is 5.32 Å². The first-order valence-electron chi connectivity index (χ1n) is 12.4. The highest BCUT2D eigenvalue weighted by Crippen LogP contribution is 2.33. The average molecular weight is 453 g/mol. The molecule has 3 aromatic rings. The van der Waals surface area contributed by atoms with Crippen LogP contribution in [0.3, 0.4) is 0 Å². The molecule has 8 heteroatoms.